The number of aryl methyl sites for hydroxylation is 1. The van der Waals surface area contributed by atoms with Crippen LogP contribution in [0.25, 0.3) is 5.69 Å². The fraction of sp³-hybridized carbons (Fsp3) is 0.160. The van der Waals surface area contributed by atoms with Gasteiger partial charge in [-0.15, -0.1) is 11.3 Å². The Morgan fingerprint density at radius 3 is 2.67 bits per heavy atom. The number of carbonyl (C=O) groups excluding carboxylic acids is 1. The molecule has 2 aromatic heterocycles. The van der Waals surface area contributed by atoms with Gasteiger partial charge in [0, 0.05) is 17.6 Å². The van der Waals surface area contributed by atoms with Gasteiger partial charge < -0.3 is 14.8 Å². The lowest BCUT2D eigenvalue weighted by Crippen LogP contribution is -2.41. The number of nitrogens with one attached hydrogen (secondary N) is 1. The van der Waals surface area contributed by atoms with Crippen LogP contribution in [0.15, 0.2) is 84.4 Å². The van der Waals surface area contributed by atoms with Crippen molar-refractivity contribution in [3.63, 3.8) is 0 Å². The fourth-order valence-corrected chi connectivity index (χ4v) is 4.92. The van der Waals surface area contributed by atoms with Crippen LogP contribution in [0, 0.1) is 6.92 Å². The molecule has 1 aliphatic rings. The second kappa shape index (κ2) is 7.84. The van der Waals surface area contributed by atoms with E-state index in [1.54, 1.807) is 11.3 Å². The Morgan fingerprint density at radius 2 is 1.87 bits per heavy atom. The fourth-order valence-electron chi connectivity index (χ4n) is 4.07. The van der Waals surface area contributed by atoms with Crippen molar-refractivity contribution >= 4 is 17.4 Å². The second-order valence-electron chi connectivity index (χ2n) is 7.62. The Kier molecular flexibility index (Phi) is 4.89. The number of hydrogen-bond acceptors (Lipinski definition) is 2. The third-order valence-electron chi connectivity index (χ3n) is 5.60. The highest BCUT2D eigenvalue weighted by atomic mass is 32.1. The van der Waals surface area contributed by atoms with Crippen molar-refractivity contribution in [2.45, 2.75) is 26.1 Å². The molecule has 3 heterocycles. The molecule has 150 valence electrons. The molecule has 5 rings (SSSR count). The second-order valence-corrected chi connectivity index (χ2v) is 8.60. The number of amides is 2. The van der Waals surface area contributed by atoms with Gasteiger partial charge in [0.15, 0.2) is 0 Å². The molecular weight excluding hydrogens is 390 g/mol. The third kappa shape index (κ3) is 3.42. The number of hydrogen-bond donors (Lipinski definition) is 1. The van der Waals surface area contributed by atoms with Crippen molar-refractivity contribution in [2.75, 3.05) is 0 Å². The molecule has 4 nitrogen and oxygen atoms in total. The molecule has 0 saturated carbocycles. The number of rotatable bonds is 3. The van der Waals surface area contributed by atoms with Gasteiger partial charge in [0.25, 0.3) is 0 Å². The summed E-state index contributed by atoms with van der Waals surface area (Å²) < 4.78 is 2.22. The molecule has 0 unspecified atom stereocenters. The van der Waals surface area contributed by atoms with Crippen molar-refractivity contribution in [3.8, 4) is 5.69 Å². The van der Waals surface area contributed by atoms with Crippen molar-refractivity contribution in [1.29, 1.82) is 0 Å². The van der Waals surface area contributed by atoms with Crippen LogP contribution in [0.3, 0.4) is 0 Å². The van der Waals surface area contributed by atoms with Crippen LogP contribution < -0.4 is 5.32 Å². The van der Waals surface area contributed by atoms with Gasteiger partial charge in [0.2, 0.25) is 0 Å². The van der Waals surface area contributed by atoms with Gasteiger partial charge in [0.1, 0.15) is 6.04 Å². The molecule has 0 radical (unpaired) electrons. The minimum absolute atomic E-state index is 0.0570. The quantitative estimate of drug-likeness (QED) is 0.462. The molecule has 2 aromatic carbocycles. The van der Waals surface area contributed by atoms with E-state index in [1.165, 1.54) is 5.56 Å². The first kappa shape index (κ1) is 18.7. The van der Waals surface area contributed by atoms with Crippen LogP contribution in [0.1, 0.15) is 33.3 Å². The van der Waals surface area contributed by atoms with Crippen LogP contribution in [-0.2, 0) is 13.1 Å². The minimum atomic E-state index is -0.134. The molecule has 5 heteroatoms. The molecule has 30 heavy (non-hydrogen) atoms. The molecule has 4 aromatic rings. The molecule has 0 bridgehead atoms. The van der Waals surface area contributed by atoms with Gasteiger partial charge >= 0.3 is 6.03 Å². The lowest BCUT2D eigenvalue weighted by atomic mass is 10.1. The molecule has 0 fully saturated rings. The van der Waals surface area contributed by atoms with Crippen LogP contribution in [0.2, 0.25) is 0 Å². The van der Waals surface area contributed by atoms with E-state index in [-0.39, 0.29) is 12.1 Å². The average molecular weight is 414 g/mol. The molecule has 1 aliphatic heterocycles. The number of nitrogens with zero attached hydrogens (tertiary/aromatic N) is 2. The zero-order chi connectivity index (χ0) is 20.5. The van der Waals surface area contributed by atoms with Gasteiger partial charge in [-0.25, -0.2) is 4.79 Å². The maximum absolute atomic E-state index is 13.4. The van der Waals surface area contributed by atoms with E-state index in [2.05, 4.69) is 89.0 Å². The Hall–Kier alpha value is -3.31. The predicted octanol–water partition coefficient (Wildman–Crippen LogP) is 5.66. The maximum Gasteiger partial charge on any atom is 0.318 e. The molecule has 0 aliphatic carbocycles. The van der Waals surface area contributed by atoms with Crippen LogP contribution in [0.5, 0.6) is 0 Å². The number of aromatic nitrogens is 1. The number of thiophene rings is 1. The number of urea groups is 1. The van der Waals surface area contributed by atoms with E-state index in [9.17, 15) is 4.79 Å². The molecule has 0 spiro atoms. The summed E-state index contributed by atoms with van der Waals surface area (Å²) in [7, 11) is 0. The number of fused-ring (bicyclic) bond motifs is 3. The monoisotopic (exact) mass is 413 g/mol. The lowest BCUT2D eigenvalue weighted by molar-refractivity contribution is 0.181. The van der Waals surface area contributed by atoms with Gasteiger partial charge in [-0.05, 0) is 47.7 Å². The third-order valence-corrected chi connectivity index (χ3v) is 6.53. The highest BCUT2D eigenvalue weighted by Crippen LogP contribution is 2.38. The van der Waals surface area contributed by atoms with Crippen LogP contribution >= 0.6 is 11.3 Å². The van der Waals surface area contributed by atoms with Crippen molar-refractivity contribution < 1.29 is 4.79 Å². The van der Waals surface area contributed by atoms with Gasteiger partial charge in [-0.3, -0.25) is 0 Å². The molecule has 2 amide bonds. The largest absolute Gasteiger partial charge is 0.334 e. The highest BCUT2D eigenvalue weighted by Gasteiger charge is 2.33. The van der Waals surface area contributed by atoms with Gasteiger partial charge in [-0.1, -0.05) is 54.1 Å². The minimum Gasteiger partial charge on any atom is -0.334 e. The lowest BCUT2D eigenvalue weighted by Gasteiger charge is -2.30. The van der Waals surface area contributed by atoms with E-state index >= 15 is 0 Å². The molecular formula is C25H23N3OS. The van der Waals surface area contributed by atoms with Crippen molar-refractivity contribution in [3.05, 3.63) is 112 Å². The summed E-state index contributed by atoms with van der Waals surface area (Å²) in [4.78, 5) is 16.6. The summed E-state index contributed by atoms with van der Waals surface area (Å²) in [5.74, 6) is 0. The first-order valence-corrected chi connectivity index (χ1v) is 11.0. The summed E-state index contributed by atoms with van der Waals surface area (Å²) >= 11 is 1.69. The van der Waals surface area contributed by atoms with E-state index in [0.717, 1.165) is 27.4 Å². The van der Waals surface area contributed by atoms with Crippen LogP contribution in [-0.4, -0.2) is 15.5 Å². The predicted molar refractivity (Wildman–Crippen MR) is 121 cm³/mol. The van der Waals surface area contributed by atoms with E-state index in [0.29, 0.717) is 13.1 Å². The topological polar surface area (TPSA) is 37.3 Å². The smallest absolute Gasteiger partial charge is 0.318 e. The number of para-hydroxylation sites is 1. The molecule has 0 saturated heterocycles. The summed E-state index contributed by atoms with van der Waals surface area (Å²) in [5.41, 5.74) is 5.69. The highest BCUT2D eigenvalue weighted by molar-refractivity contribution is 7.10. The number of benzene rings is 2. The molecule has 1 N–H and O–H groups in total. The normalized spacial score (nSPS) is 15.2. The Bertz CT molecular complexity index is 1160. The van der Waals surface area contributed by atoms with Gasteiger partial charge in [0.05, 0.1) is 17.9 Å². The zero-order valence-corrected chi connectivity index (χ0v) is 17.6. The summed E-state index contributed by atoms with van der Waals surface area (Å²) in [6.07, 6.45) is 2.09. The van der Waals surface area contributed by atoms with Crippen LogP contribution in [0.4, 0.5) is 4.79 Å². The standard InChI is InChI=1S/C25H23N3OS/c1-18-10-12-19(13-11-18)16-26-25(29)28-17-20-6-2-3-7-21(20)27-14-4-8-22(27)24(28)23-9-5-15-30-23/h2-15,24H,16-17H2,1H3,(H,26,29)/t24-/m0/s1. The first-order chi connectivity index (χ1) is 14.7. The van der Waals surface area contributed by atoms with E-state index in [1.807, 2.05) is 17.0 Å². The summed E-state index contributed by atoms with van der Waals surface area (Å²) in [5, 5.41) is 5.22. The molecule has 1 atom stereocenters. The van der Waals surface area contributed by atoms with Crippen molar-refractivity contribution in [1.82, 2.24) is 14.8 Å². The number of carbonyl (C=O) groups is 1. The van der Waals surface area contributed by atoms with E-state index in [4.69, 9.17) is 0 Å². The SMILES string of the molecule is Cc1ccc(CNC(=O)N2Cc3ccccc3-n3cccc3[C@H]2c2cccs2)cc1. The summed E-state index contributed by atoms with van der Waals surface area (Å²) in [6, 6.07) is 24.7. The Morgan fingerprint density at radius 1 is 1.03 bits per heavy atom. The van der Waals surface area contributed by atoms with E-state index < -0.39 is 0 Å². The van der Waals surface area contributed by atoms with Crippen molar-refractivity contribution in [2.24, 2.45) is 0 Å². The summed E-state index contributed by atoms with van der Waals surface area (Å²) in [6.45, 7) is 3.13. The Balaban J connectivity index is 1.52. The maximum atomic E-state index is 13.4. The average Bonchev–Trinajstić information content (AvgIpc) is 3.44. The zero-order valence-electron chi connectivity index (χ0n) is 16.8. The first-order valence-electron chi connectivity index (χ1n) is 10.1. The van der Waals surface area contributed by atoms with Gasteiger partial charge in [-0.2, -0.15) is 0 Å². The Labute approximate surface area is 180 Å².